The van der Waals surface area contributed by atoms with Gasteiger partial charge < -0.3 is 9.30 Å². The third kappa shape index (κ3) is 5.31. The Morgan fingerprint density at radius 1 is 0.891 bits per heavy atom. The van der Waals surface area contributed by atoms with E-state index in [1.165, 1.54) is 11.7 Å². The smallest absolute Gasteiger partial charge is 0.337 e. The van der Waals surface area contributed by atoms with E-state index in [0.29, 0.717) is 18.1 Å². The minimum atomic E-state index is -0.686. The first-order valence-electron chi connectivity index (χ1n) is 15.3. The van der Waals surface area contributed by atoms with Crippen molar-refractivity contribution < 1.29 is 9.53 Å². The molecule has 1 N–H and O–H groups in total. The third-order valence-corrected chi connectivity index (χ3v) is 8.69. The second kappa shape index (κ2) is 12.4. The Balaban J connectivity index is 1.39. The molecule has 1 aliphatic rings. The summed E-state index contributed by atoms with van der Waals surface area (Å²) >= 11 is 0. The van der Waals surface area contributed by atoms with E-state index in [0.717, 1.165) is 64.7 Å². The fourth-order valence-corrected chi connectivity index (χ4v) is 6.41. The molecule has 3 aromatic heterocycles. The summed E-state index contributed by atoms with van der Waals surface area (Å²) in [6.45, 7) is -0.146. The van der Waals surface area contributed by atoms with Crippen LogP contribution in [0.15, 0.2) is 88.5 Å². The summed E-state index contributed by atoms with van der Waals surface area (Å²) in [4.78, 5) is 45.4. The number of tetrazole rings is 1. The van der Waals surface area contributed by atoms with Crippen molar-refractivity contribution in [2.75, 3.05) is 7.11 Å². The van der Waals surface area contributed by atoms with Gasteiger partial charge in [-0.15, -0.1) is 5.10 Å². The zero-order valence-electron chi connectivity index (χ0n) is 25.3. The highest BCUT2D eigenvalue weighted by molar-refractivity contribution is 5.80. The van der Waals surface area contributed by atoms with Crippen LogP contribution >= 0.6 is 0 Å². The van der Waals surface area contributed by atoms with E-state index in [4.69, 9.17) is 9.72 Å². The lowest BCUT2D eigenvalue weighted by Gasteiger charge is -2.22. The van der Waals surface area contributed by atoms with Gasteiger partial charge in [-0.25, -0.2) is 24.0 Å². The van der Waals surface area contributed by atoms with Gasteiger partial charge in [0.1, 0.15) is 12.4 Å². The Hall–Kier alpha value is -5.65. The van der Waals surface area contributed by atoms with Gasteiger partial charge in [0.2, 0.25) is 0 Å². The first kappa shape index (κ1) is 29.1. The van der Waals surface area contributed by atoms with Crippen LogP contribution in [-0.2, 0) is 22.6 Å². The van der Waals surface area contributed by atoms with Crippen molar-refractivity contribution in [2.45, 2.75) is 51.1 Å². The molecule has 6 aromatic rings. The molecule has 46 heavy (non-hydrogen) atoms. The highest BCUT2D eigenvalue weighted by Gasteiger charge is 2.28. The van der Waals surface area contributed by atoms with E-state index in [1.54, 1.807) is 12.1 Å². The summed E-state index contributed by atoms with van der Waals surface area (Å²) < 4.78 is 9.17. The van der Waals surface area contributed by atoms with Crippen LogP contribution in [0.5, 0.6) is 0 Å². The van der Waals surface area contributed by atoms with E-state index in [2.05, 4.69) is 20.6 Å². The molecule has 1 saturated carbocycles. The number of imidazole rings is 1. The lowest BCUT2D eigenvalue weighted by Crippen LogP contribution is -2.42. The van der Waals surface area contributed by atoms with E-state index in [9.17, 15) is 14.4 Å². The SMILES string of the molecule is COC(=O)Cn1c(=O)c2c(nc(C3CCCCC3)n2Cc2ccc(-c3ccccc3-c3nnn[nH]3)cc2)n(-c2ccccc2)c1=O. The van der Waals surface area contributed by atoms with Crippen molar-refractivity contribution in [2.24, 2.45) is 0 Å². The van der Waals surface area contributed by atoms with Crippen molar-refractivity contribution >= 4 is 17.1 Å². The Bertz CT molecular complexity index is 2120. The quantitative estimate of drug-likeness (QED) is 0.247. The third-order valence-electron chi connectivity index (χ3n) is 8.69. The summed E-state index contributed by atoms with van der Waals surface area (Å²) in [6.07, 6.45) is 5.19. The number of nitrogens with zero attached hydrogens (tertiary/aromatic N) is 7. The summed E-state index contributed by atoms with van der Waals surface area (Å²) in [5, 5.41) is 14.4. The van der Waals surface area contributed by atoms with E-state index >= 15 is 0 Å². The molecular formula is C34H32N8O4. The number of H-pyrrole nitrogens is 1. The largest absolute Gasteiger partial charge is 0.468 e. The molecule has 232 valence electrons. The van der Waals surface area contributed by atoms with Crippen molar-refractivity contribution in [1.82, 2.24) is 39.3 Å². The maximum absolute atomic E-state index is 14.1. The summed E-state index contributed by atoms with van der Waals surface area (Å²) in [5.74, 6) is 0.803. The Morgan fingerprint density at radius 3 is 2.30 bits per heavy atom. The van der Waals surface area contributed by atoms with Crippen LogP contribution in [0.1, 0.15) is 49.4 Å². The molecule has 1 fully saturated rings. The van der Waals surface area contributed by atoms with Gasteiger partial charge in [-0.1, -0.05) is 86.0 Å². The van der Waals surface area contributed by atoms with Crippen LogP contribution < -0.4 is 11.2 Å². The van der Waals surface area contributed by atoms with Crippen molar-refractivity contribution in [1.29, 1.82) is 0 Å². The normalized spacial score (nSPS) is 13.7. The van der Waals surface area contributed by atoms with Crippen molar-refractivity contribution in [3.8, 4) is 28.2 Å². The molecule has 0 radical (unpaired) electrons. The average molecular weight is 617 g/mol. The Labute approximate surface area is 263 Å². The molecule has 12 nitrogen and oxygen atoms in total. The molecular weight excluding hydrogens is 584 g/mol. The number of esters is 1. The predicted octanol–water partition coefficient (Wildman–Crippen LogP) is 4.47. The van der Waals surface area contributed by atoms with Crippen LogP contribution in [0.2, 0.25) is 0 Å². The number of ether oxygens (including phenoxy) is 1. The predicted molar refractivity (Wildman–Crippen MR) is 172 cm³/mol. The second-order valence-corrected chi connectivity index (χ2v) is 11.5. The number of hydrogen-bond donors (Lipinski definition) is 1. The number of aromatic nitrogens is 8. The maximum Gasteiger partial charge on any atom is 0.337 e. The zero-order valence-corrected chi connectivity index (χ0v) is 25.3. The Morgan fingerprint density at radius 2 is 1.61 bits per heavy atom. The van der Waals surface area contributed by atoms with Crippen LogP contribution in [0.3, 0.4) is 0 Å². The number of nitrogens with one attached hydrogen (secondary N) is 1. The molecule has 0 saturated heterocycles. The van der Waals surface area contributed by atoms with Gasteiger partial charge in [-0.2, -0.15) is 0 Å². The van der Waals surface area contributed by atoms with Gasteiger partial charge in [0.05, 0.1) is 12.8 Å². The maximum atomic E-state index is 14.1. The minimum absolute atomic E-state index is 0.135. The Kier molecular flexibility index (Phi) is 7.83. The fourth-order valence-electron chi connectivity index (χ4n) is 6.41. The highest BCUT2D eigenvalue weighted by atomic mass is 16.5. The molecule has 7 rings (SSSR count). The van der Waals surface area contributed by atoms with Crippen LogP contribution in [0, 0.1) is 0 Å². The molecule has 0 aliphatic heterocycles. The monoisotopic (exact) mass is 616 g/mol. The minimum Gasteiger partial charge on any atom is -0.468 e. The molecule has 0 spiro atoms. The van der Waals surface area contributed by atoms with Gasteiger partial charge in [0.15, 0.2) is 17.0 Å². The van der Waals surface area contributed by atoms with Gasteiger partial charge in [-0.05, 0) is 52.1 Å². The average Bonchev–Trinajstić information content (AvgIpc) is 3.77. The fraction of sp³-hybridized carbons (Fsp3) is 0.265. The van der Waals surface area contributed by atoms with Crippen molar-refractivity contribution in [3.63, 3.8) is 0 Å². The summed E-state index contributed by atoms with van der Waals surface area (Å²) in [6, 6.07) is 25.1. The lowest BCUT2D eigenvalue weighted by atomic mass is 9.88. The van der Waals surface area contributed by atoms with Crippen molar-refractivity contribution in [3.05, 3.63) is 111 Å². The number of para-hydroxylation sites is 1. The zero-order chi connectivity index (χ0) is 31.6. The number of hydrogen-bond acceptors (Lipinski definition) is 8. The van der Waals surface area contributed by atoms with Crippen LogP contribution in [-0.4, -0.2) is 52.4 Å². The first-order chi connectivity index (χ1) is 22.5. The molecule has 0 atom stereocenters. The first-order valence-corrected chi connectivity index (χ1v) is 15.3. The molecule has 0 unspecified atom stereocenters. The number of carbonyl (C=O) groups excluding carboxylic acids is 1. The molecule has 3 aromatic carbocycles. The molecule has 12 heteroatoms. The van der Waals surface area contributed by atoms with Crippen LogP contribution in [0.4, 0.5) is 0 Å². The van der Waals surface area contributed by atoms with Crippen LogP contribution in [0.25, 0.3) is 39.4 Å². The number of rotatable bonds is 8. The number of fused-ring (bicyclic) bond motifs is 1. The van der Waals surface area contributed by atoms with Gasteiger partial charge in [-0.3, -0.25) is 9.59 Å². The number of carbonyl (C=O) groups is 1. The standard InChI is InChI=1S/C34H32N8O4/c1-46-28(43)21-41-33(44)29-32(42(34(41)45)25-12-6-3-7-13-25)35-31(24-10-4-2-5-11-24)40(29)20-22-16-18-23(19-17-22)26-14-8-9-15-27(26)30-36-38-39-37-30/h3,6-9,12-19,24H,2,4-5,10-11,20-21H2,1H3,(H,36,37,38,39). The molecule has 0 bridgehead atoms. The van der Waals surface area contributed by atoms with E-state index < -0.39 is 23.8 Å². The lowest BCUT2D eigenvalue weighted by molar-refractivity contribution is -0.141. The van der Waals surface area contributed by atoms with E-state index in [1.807, 2.05) is 71.3 Å². The summed E-state index contributed by atoms with van der Waals surface area (Å²) in [7, 11) is 1.23. The molecule has 3 heterocycles. The second-order valence-electron chi connectivity index (χ2n) is 11.5. The topological polar surface area (TPSA) is 143 Å². The highest BCUT2D eigenvalue weighted by Crippen LogP contribution is 2.35. The number of aromatic amines is 1. The van der Waals surface area contributed by atoms with Gasteiger partial charge in [0, 0.05) is 18.0 Å². The van der Waals surface area contributed by atoms with Gasteiger partial charge >= 0.3 is 11.7 Å². The molecule has 0 amide bonds. The van der Waals surface area contributed by atoms with Gasteiger partial charge in [0.25, 0.3) is 5.56 Å². The summed E-state index contributed by atoms with van der Waals surface area (Å²) in [5.41, 5.74) is 3.70. The number of benzene rings is 3. The van der Waals surface area contributed by atoms with E-state index in [-0.39, 0.29) is 17.1 Å². The number of methoxy groups -OCH3 is 1. The molecule has 1 aliphatic carbocycles.